The molecule has 1 aliphatic rings. The van der Waals surface area contributed by atoms with E-state index < -0.39 is 11.6 Å². The molecule has 25 heavy (non-hydrogen) atoms. The van der Waals surface area contributed by atoms with E-state index in [0.29, 0.717) is 31.9 Å². The minimum Gasteiger partial charge on any atom is -0.367 e. The van der Waals surface area contributed by atoms with E-state index in [-0.39, 0.29) is 18.1 Å². The van der Waals surface area contributed by atoms with Gasteiger partial charge in [0.15, 0.2) is 0 Å². The lowest BCUT2D eigenvalue weighted by Gasteiger charge is -2.35. The van der Waals surface area contributed by atoms with Crippen LogP contribution in [0.25, 0.3) is 0 Å². The summed E-state index contributed by atoms with van der Waals surface area (Å²) in [5, 5.41) is 9.75. The van der Waals surface area contributed by atoms with Crippen LogP contribution in [-0.4, -0.2) is 53.7 Å². The van der Waals surface area contributed by atoms with Gasteiger partial charge < -0.3 is 10.2 Å². The lowest BCUT2D eigenvalue weighted by atomic mass is 10.2. The molecule has 1 aliphatic heterocycles. The summed E-state index contributed by atoms with van der Waals surface area (Å²) in [5.74, 6) is -0.999. The quantitative estimate of drug-likeness (QED) is 0.887. The monoisotopic (exact) mass is 349 g/mol. The number of nitrogens with one attached hydrogen (secondary N) is 2. The van der Waals surface area contributed by atoms with Gasteiger partial charge >= 0.3 is 0 Å². The van der Waals surface area contributed by atoms with Crippen molar-refractivity contribution in [2.75, 3.05) is 42.9 Å². The summed E-state index contributed by atoms with van der Waals surface area (Å²) in [6.07, 6.45) is 0. The van der Waals surface area contributed by atoms with Crippen molar-refractivity contribution >= 4 is 17.3 Å². The molecule has 134 valence electrons. The molecule has 8 heteroatoms. The maximum Gasteiger partial charge on any atom is 0.238 e. The van der Waals surface area contributed by atoms with E-state index in [4.69, 9.17) is 0 Å². The highest BCUT2D eigenvalue weighted by Crippen LogP contribution is 2.22. The average molecular weight is 349 g/mol. The molecule has 0 saturated carbocycles. The first kappa shape index (κ1) is 17.3. The molecule has 2 heterocycles. The number of aromatic nitrogens is 2. The van der Waals surface area contributed by atoms with Crippen LogP contribution < -0.4 is 10.2 Å². The van der Waals surface area contributed by atoms with Crippen LogP contribution in [0, 0.1) is 25.5 Å². The average Bonchev–Trinajstić information content (AvgIpc) is 2.90. The maximum absolute atomic E-state index is 13.9. The molecule has 2 N–H and O–H groups in total. The van der Waals surface area contributed by atoms with E-state index in [2.05, 4.69) is 15.5 Å². The first-order chi connectivity index (χ1) is 11.9. The number of aryl methyl sites for hydroxylation is 2. The van der Waals surface area contributed by atoms with Crippen molar-refractivity contribution in [2.24, 2.45) is 0 Å². The Labute approximate surface area is 144 Å². The Morgan fingerprint density at radius 3 is 2.60 bits per heavy atom. The molecule has 0 aliphatic carbocycles. The summed E-state index contributed by atoms with van der Waals surface area (Å²) in [4.78, 5) is 16.0. The summed E-state index contributed by atoms with van der Waals surface area (Å²) in [7, 11) is 0. The van der Waals surface area contributed by atoms with Gasteiger partial charge in [0.2, 0.25) is 5.91 Å². The predicted octanol–water partition coefficient (Wildman–Crippen LogP) is 2.07. The van der Waals surface area contributed by atoms with Crippen LogP contribution in [0.5, 0.6) is 0 Å². The number of benzene rings is 1. The van der Waals surface area contributed by atoms with E-state index in [1.54, 1.807) is 4.90 Å². The zero-order chi connectivity index (χ0) is 18.0. The molecule has 2 aromatic rings. The van der Waals surface area contributed by atoms with Crippen molar-refractivity contribution in [3.8, 4) is 0 Å². The molecule has 3 rings (SSSR count). The van der Waals surface area contributed by atoms with Crippen molar-refractivity contribution in [2.45, 2.75) is 13.8 Å². The second-order valence-corrected chi connectivity index (χ2v) is 6.22. The number of nitrogens with zero attached hydrogens (tertiary/aromatic N) is 3. The Hall–Kier alpha value is -2.48. The molecule has 0 atom stereocenters. The minimum absolute atomic E-state index is 0.113. The third-order valence-electron chi connectivity index (χ3n) is 4.38. The minimum atomic E-state index is -0.455. The number of carbonyl (C=O) groups is 1. The SMILES string of the molecule is Cc1n[nH]c(C)c1NC(=O)CN1CCN(c2cc(F)ccc2F)CC1. The Balaban J connectivity index is 1.54. The summed E-state index contributed by atoms with van der Waals surface area (Å²) >= 11 is 0. The Morgan fingerprint density at radius 1 is 1.24 bits per heavy atom. The molecule has 1 saturated heterocycles. The van der Waals surface area contributed by atoms with Gasteiger partial charge in [0.1, 0.15) is 11.6 Å². The molecule has 1 amide bonds. The highest BCUT2D eigenvalue weighted by atomic mass is 19.1. The van der Waals surface area contributed by atoms with Gasteiger partial charge in [-0.1, -0.05) is 0 Å². The van der Waals surface area contributed by atoms with Gasteiger partial charge in [0.25, 0.3) is 0 Å². The fraction of sp³-hybridized carbons (Fsp3) is 0.412. The molecule has 0 spiro atoms. The van der Waals surface area contributed by atoms with E-state index in [1.807, 2.05) is 18.7 Å². The van der Waals surface area contributed by atoms with E-state index in [0.717, 1.165) is 23.5 Å². The van der Waals surface area contributed by atoms with Crippen molar-refractivity contribution in [1.29, 1.82) is 0 Å². The number of H-pyrrole nitrogens is 1. The third-order valence-corrected chi connectivity index (χ3v) is 4.38. The number of amides is 1. The van der Waals surface area contributed by atoms with Gasteiger partial charge in [-0.05, 0) is 26.0 Å². The topological polar surface area (TPSA) is 64.3 Å². The van der Waals surface area contributed by atoms with Crippen LogP contribution in [0.4, 0.5) is 20.2 Å². The van der Waals surface area contributed by atoms with Gasteiger partial charge in [0.05, 0.1) is 29.3 Å². The molecule has 0 radical (unpaired) electrons. The van der Waals surface area contributed by atoms with Gasteiger partial charge in [-0.3, -0.25) is 14.8 Å². The molecule has 1 fully saturated rings. The fourth-order valence-electron chi connectivity index (χ4n) is 2.99. The van der Waals surface area contributed by atoms with Crippen LogP contribution in [0.2, 0.25) is 0 Å². The van der Waals surface area contributed by atoms with Crippen molar-refractivity contribution in [3.63, 3.8) is 0 Å². The van der Waals surface area contributed by atoms with Gasteiger partial charge in [-0.15, -0.1) is 0 Å². The smallest absolute Gasteiger partial charge is 0.238 e. The summed E-state index contributed by atoms with van der Waals surface area (Å²) < 4.78 is 27.2. The van der Waals surface area contributed by atoms with Crippen LogP contribution in [0.15, 0.2) is 18.2 Å². The number of aromatic amines is 1. The standard InChI is InChI=1S/C17H21F2N5O/c1-11-17(12(2)22-21-11)20-16(25)10-23-5-7-24(8-6-23)15-9-13(18)3-4-14(15)19/h3-4,9H,5-8,10H2,1-2H3,(H,20,25)(H,21,22). The molecule has 0 unspecified atom stereocenters. The van der Waals surface area contributed by atoms with Crippen molar-refractivity contribution < 1.29 is 13.6 Å². The predicted molar refractivity (Wildman–Crippen MR) is 91.7 cm³/mol. The molecule has 1 aromatic heterocycles. The lowest BCUT2D eigenvalue weighted by molar-refractivity contribution is -0.117. The van der Waals surface area contributed by atoms with Gasteiger partial charge in [0, 0.05) is 32.2 Å². The Morgan fingerprint density at radius 2 is 1.96 bits per heavy atom. The molecule has 1 aromatic carbocycles. The highest BCUT2D eigenvalue weighted by Gasteiger charge is 2.22. The second-order valence-electron chi connectivity index (χ2n) is 6.22. The number of halogens is 2. The number of hydrogen-bond donors (Lipinski definition) is 2. The molecule has 0 bridgehead atoms. The highest BCUT2D eigenvalue weighted by molar-refractivity contribution is 5.93. The van der Waals surface area contributed by atoms with Crippen LogP contribution in [-0.2, 0) is 4.79 Å². The number of hydrogen-bond acceptors (Lipinski definition) is 4. The van der Waals surface area contributed by atoms with Crippen LogP contribution in [0.1, 0.15) is 11.4 Å². The van der Waals surface area contributed by atoms with Gasteiger partial charge in [-0.25, -0.2) is 8.78 Å². The Kier molecular flexibility index (Phi) is 4.98. The number of rotatable bonds is 4. The number of anilines is 2. The molecule has 6 nitrogen and oxygen atoms in total. The van der Waals surface area contributed by atoms with Crippen LogP contribution in [0.3, 0.4) is 0 Å². The molecular weight excluding hydrogens is 328 g/mol. The van der Waals surface area contributed by atoms with Crippen LogP contribution >= 0.6 is 0 Å². The van der Waals surface area contributed by atoms with E-state index in [1.165, 1.54) is 6.07 Å². The number of piperazine rings is 1. The lowest BCUT2D eigenvalue weighted by Crippen LogP contribution is -2.49. The summed E-state index contributed by atoms with van der Waals surface area (Å²) in [5.41, 5.74) is 2.55. The zero-order valence-corrected chi connectivity index (χ0v) is 14.3. The van der Waals surface area contributed by atoms with E-state index >= 15 is 0 Å². The molecular formula is C17H21F2N5O. The second kappa shape index (κ2) is 7.18. The first-order valence-electron chi connectivity index (χ1n) is 8.18. The summed E-state index contributed by atoms with van der Waals surface area (Å²) in [6.45, 7) is 6.21. The summed E-state index contributed by atoms with van der Waals surface area (Å²) in [6, 6.07) is 3.46. The zero-order valence-electron chi connectivity index (χ0n) is 14.3. The Bertz CT molecular complexity index is 749. The largest absolute Gasteiger partial charge is 0.367 e. The fourth-order valence-corrected chi connectivity index (χ4v) is 2.99. The normalized spacial score (nSPS) is 15.4. The van der Waals surface area contributed by atoms with Gasteiger partial charge in [-0.2, -0.15) is 5.10 Å². The van der Waals surface area contributed by atoms with E-state index in [9.17, 15) is 13.6 Å². The first-order valence-corrected chi connectivity index (χ1v) is 8.18. The number of carbonyl (C=O) groups excluding carboxylic acids is 1. The maximum atomic E-state index is 13.9. The third kappa shape index (κ3) is 3.96. The van der Waals surface area contributed by atoms with Crippen molar-refractivity contribution in [3.05, 3.63) is 41.2 Å². The van der Waals surface area contributed by atoms with Crippen molar-refractivity contribution in [1.82, 2.24) is 15.1 Å².